The van der Waals surface area contributed by atoms with Crippen LogP contribution >= 0.6 is 0 Å². The summed E-state index contributed by atoms with van der Waals surface area (Å²) in [6.07, 6.45) is 0.0538. The van der Waals surface area contributed by atoms with Gasteiger partial charge in [0.25, 0.3) is 5.91 Å². The fourth-order valence-electron chi connectivity index (χ4n) is 2.03. The standard InChI is InChI=1S/C13H14N2O4/c16-11-6-9(7-14-11)15-13(19)10-4-2-1-3-8(10)5-12(17)18/h1-4,9H,5-7H2,(H,14,16)(H,15,19)(H,17,18). The highest BCUT2D eigenvalue weighted by Crippen LogP contribution is 2.11. The van der Waals surface area contributed by atoms with Gasteiger partial charge >= 0.3 is 5.97 Å². The van der Waals surface area contributed by atoms with Crippen LogP contribution in [-0.4, -0.2) is 35.5 Å². The Labute approximate surface area is 109 Å². The largest absolute Gasteiger partial charge is 0.481 e. The monoisotopic (exact) mass is 262 g/mol. The second kappa shape index (κ2) is 5.51. The van der Waals surface area contributed by atoms with Crippen molar-refractivity contribution >= 4 is 17.8 Å². The van der Waals surface area contributed by atoms with Gasteiger partial charge in [-0.25, -0.2) is 0 Å². The maximum atomic E-state index is 12.1. The van der Waals surface area contributed by atoms with Crippen molar-refractivity contribution in [1.82, 2.24) is 10.6 Å². The highest BCUT2D eigenvalue weighted by atomic mass is 16.4. The Bertz CT molecular complexity index is 527. The van der Waals surface area contributed by atoms with E-state index < -0.39 is 5.97 Å². The van der Waals surface area contributed by atoms with E-state index in [2.05, 4.69) is 10.6 Å². The number of benzene rings is 1. The Hall–Kier alpha value is -2.37. The number of hydrogen-bond acceptors (Lipinski definition) is 3. The topological polar surface area (TPSA) is 95.5 Å². The quantitative estimate of drug-likeness (QED) is 0.708. The number of carbonyl (C=O) groups is 3. The molecular weight excluding hydrogens is 248 g/mol. The van der Waals surface area contributed by atoms with Gasteiger partial charge in [-0.15, -0.1) is 0 Å². The van der Waals surface area contributed by atoms with Crippen molar-refractivity contribution in [3.63, 3.8) is 0 Å². The SMILES string of the molecule is O=C(O)Cc1ccccc1C(=O)NC1CNC(=O)C1. The maximum absolute atomic E-state index is 12.1. The lowest BCUT2D eigenvalue weighted by molar-refractivity contribution is -0.136. The molecule has 0 aromatic heterocycles. The molecule has 0 aliphatic carbocycles. The van der Waals surface area contributed by atoms with E-state index in [1.54, 1.807) is 24.3 Å². The van der Waals surface area contributed by atoms with Gasteiger partial charge in [-0.3, -0.25) is 14.4 Å². The lowest BCUT2D eigenvalue weighted by Gasteiger charge is -2.12. The van der Waals surface area contributed by atoms with Gasteiger partial charge in [-0.1, -0.05) is 18.2 Å². The molecule has 0 saturated carbocycles. The van der Waals surface area contributed by atoms with Crippen LogP contribution in [0.1, 0.15) is 22.3 Å². The third kappa shape index (κ3) is 3.31. The number of carboxylic acid groups (broad SMARTS) is 1. The Morgan fingerprint density at radius 1 is 1.37 bits per heavy atom. The van der Waals surface area contributed by atoms with E-state index in [1.165, 1.54) is 0 Å². The van der Waals surface area contributed by atoms with Gasteiger partial charge < -0.3 is 15.7 Å². The maximum Gasteiger partial charge on any atom is 0.307 e. The molecular formula is C13H14N2O4. The Balaban J connectivity index is 2.10. The molecule has 2 amide bonds. The molecule has 1 saturated heterocycles. The van der Waals surface area contributed by atoms with Gasteiger partial charge in [0.05, 0.1) is 12.5 Å². The van der Waals surface area contributed by atoms with Crippen LogP contribution < -0.4 is 10.6 Å². The minimum absolute atomic E-state index is 0.0934. The number of aliphatic carboxylic acids is 1. The molecule has 0 radical (unpaired) electrons. The molecule has 0 spiro atoms. The van der Waals surface area contributed by atoms with E-state index in [-0.39, 0.29) is 30.7 Å². The number of nitrogens with one attached hydrogen (secondary N) is 2. The molecule has 1 atom stereocenters. The van der Waals surface area contributed by atoms with Crippen LogP contribution in [-0.2, 0) is 16.0 Å². The number of carboxylic acids is 1. The van der Waals surface area contributed by atoms with Crippen LogP contribution in [0.3, 0.4) is 0 Å². The number of amides is 2. The van der Waals surface area contributed by atoms with Crippen LogP contribution in [0.15, 0.2) is 24.3 Å². The lowest BCUT2D eigenvalue weighted by atomic mass is 10.0. The second-order valence-electron chi connectivity index (χ2n) is 4.41. The minimum atomic E-state index is -0.988. The number of rotatable bonds is 4. The predicted octanol–water partition coefficient (Wildman–Crippen LogP) is -0.0680. The third-order valence-corrected chi connectivity index (χ3v) is 2.92. The van der Waals surface area contributed by atoms with E-state index >= 15 is 0 Å². The summed E-state index contributed by atoms with van der Waals surface area (Å²) in [7, 11) is 0. The molecule has 1 heterocycles. The average Bonchev–Trinajstić information content (AvgIpc) is 2.74. The molecule has 6 nitrogen and oxygen atoms in total. The molecule has 100 valence electrons. The van der Waals surface area contributed by atoms with Gasteiger partial charge in [0.15, 0.2) is 0 Å². The van der Waals surface area contributed by atoms with Crippen molar-refractivity contribution in [2.75, 3.05) is 6.54 Å². The number of carbonyl (C=O) groups excluding carboxylic acids is 2. The predicted molar refractivity (Wildman–Crippen MR) is 66.7 cm³/mol. The molecule has 19 heavy (non-hydrogen) atoms. The second-order valence-corrected chi connectivity index (χ2v) is 4.41. The smallest absolute Gasteiger partial charge is 0.307 e. The molecule has 1 fully saturated rings. The first-order valence-corrected chi connectivity index (χ1v) is 5.93. The summed E-state index contributed by atoms with van der Waals surface area (Å²) in [4.78, 5) is 33.9. The summed E-state index contributed by atoms with van der Waals surface area (Å²) in [5.74, 6) is -1.43. The van der Waals surface area contributed by atoms with E-state index in [9.17, 15) is 14.4 Å². The Kier molecular flexibility index (Phi) is 3.79. The van der Waals surface area contributed by atoms with Crippen molar-refractivity contribution in [3.8, 4) is 0 Å². The van der Waals surface area contributed by atoms with Gasteiger partial charge in [0, 0.05) is 18.5 Å². The molecule has 1 aliphatic rings. The van der Waals surface area contributed by atoms with Crippen LogP contribution in [0.4, 0.5) is 0 Å². The summed E-state index contributed by atoms with van der Waals surface area (Å²) in [6, 6.07) is 6.32. The van der Waals surface area contributed by atoms with E-state index in [0.717, 1.165) is 0 Å². The lowest BCUT2D eigenvalue weighted by Crippen LogP contribution is -2.36. The zero-order valence-electron chi connectivity index (χ0n) is 10.2. The highest BCUT2D eigenvalue weighted by Gasteiger charge is 2.24. The normalized spacial score (nSPS) is 17.9. The summed E-state index contributed by atoms with van der Waals surface area (Å²) in [5.41, 5.74) is 0.800. The molecule has 2 rings (SSSR count). The third-order valence-electron chi connectivity index (χ3n) is 2.92. The van der Waals surface area contributed by atoms with Gasteiger partial charge in [-0.2, -0.15) is 0 Å². The van der Waals surface area contributed by atoms with Crippen molar-refractivity contribution in [2.45, 2.75) is 18.9 Å². The van der Waals surface area contributed by atoms with Gasteiger partial charge in [-0.05, 0) is 11.6 Å². The van der Waals surface area contributed by atoms with E-state index in [1.807, 2.05) is 0 Å². The summed E-state index contributed by atoms with van der Waals surface area (Å²) >= 11 is 0. The molecule has 3 N–H and O–H groups in total. The Morgan fingerprint density at radius 2 is 2.11 bits per heavy atom. The summed E-state index contributed by atoms with van der Waals surface area (Å²) < 4.78 is 0. The zero-order valence-corrected chi connectivity index (χ0v) is 10.2. The van der Waals surface area contributed by atoms with Gasteiger partial charge in [0.2, 0.25) is 5.91 Å². The van der Waals surface area contributed by atoms with Crippen molar-refractivity contribution in [2.24, 2.45) is 0 Å². The van der Waals surface area contributed by atoms with Crippen LogP contribution in [0, 0.1) is 0 Å². The highest BCUT2D eigenvalue weighted by molar-refractivity contribution is 5.97. The summed E-state index contributed by atoms with van der Waals surface area (Å²) in [5, 5.41) is 14.2. The van der Waals surface area contributed by atoms with Crippen LogP contribution in [0.2, 0.25) is 0 Å². The van der Waals surface area contributed by atoms with Crippen molar-refractivity contribution < 1.29 is 19.5 Å². The van der Waals surface area contributed by atoms with Crippen LogP contribution in [0.5, 0.6) is 0 Å². The average molecular weight is 262 g/mol. The fourth-order valence-corrected chi connectivity index (χ4v) is 2.03. The fraction of sp³-hybridized carbons (Fsp3) is 0.308. The minimum Gasteiger partial charge on any atom is -0.481 e. The van der Waals surface area contributed by atoms with Gasteiger partial charge in [0.1, 0.15) is 0 Å². The first kappa shape index (κ1) is 13.1. The molecule has 1 unspecified atom stereocenters. The van der Waals surface area contributed by atoms with E-state index in [0.29, 0.717) is 17.7 Å². The van der Waals surface area contributed by atoms with E-state index in [4.69, 9.17) is 5.11 Å². The van der Waals surface area contributed by atoms with Crippen LogP contribution in [0.25, 0.3) is 0 Å². The summed E-state index contributed by atoms with van der Waals surface area (Å²) in [6.45, 7) is 0.408. The number of hydrogen-bond donors (Lipinski definition) is 3. The zero-order chi connectivity index (χ0) is 13.8. The molecule has 1 aromatic carbocycles. The molecule has 1 aliphatic heterocycles. The first-order valence-electron chi connectivity index (χ1n) is 5.93. The van der Waals surface area contributed by atoms with Crippen molar-refractivity contribution in [1.29, 1.82) is 0 Å². The van der Waals surface area contributed by atoms with Crippen molar-refractivity contribution in [3.05, 3.63) is 35.4 Å². The Morgan fingerprint density at radius 3 is 2.74 bits per heavy atom. The first-order chi connectivity index (χ1) is 9.06. The molecule has 0 bridgehead atoms. The molecule has 6 heteroatoms. The molecule has 1 aromatic rings.